The molecular weight excluding hydrogens is 477 g/mol. The first kappa shape index (κ1) is 25.4. The van der Waals surface area contributed by atoms with E-state index in [4.69, 9.17) is 9.84 Å². The van der Waals surface area contributed by atoms with Gasteiger partial charge in [-0.2, -0.15) is 5.10 Å². The van der Waals surface area contributed by atoms with Crippen LogP contribution in [0.3, 0.4) is 0 Å². The molecule has 0 spiro atoms. The van der Waals surface area contributed by atoms with Gasteiger partial charge in [0.1, 0.15) is 0 Å². The van der Waals surface area contributed by atoms with Gasteiger partial charge in [-0.1, -0.05) is 32.0 Å². The van der Waals surface area contributed by atoms with E-state index < -0.39 is 0 Å². The Morgan fingerprint density at radius 3 is 2.45 bits per heavy atom. The van der Waals surface area contributed by atoms with Gasteiger partial charge in [-0.3, -0.25) is 4.99 Å². The average molecular weight is 513 g/mol. The molecule has 0 aliphatic heterocycles. The Hall–Kier alpha value is -1.61. The molecule has 0 amide bonds. The molecule has 1 unspecified atom stereocenters. The molecule has 2 aromatic rings. The average Bonchev–Trinajstić information content (AvgIpc) is 2.98. The lowest BCUT2D eigenvalue weighted by Gasteiger charge is -2.21. The second-order valence-electron chi connectivity index (χ2n) is 7.28. The van der Waals surface area contributed by atoms with Gasteiger partial charge < -0.3 is 15.4 Å². The number of nitrogens with one attached hydrogen (secondary N) is 2. The number of hydrogen-bond donors (Lipinski definition) is 2. The lowest BCUT2D eigenvalue weighted by atomic mass is 10.0. The summed E-state index contributed by atoms with van der Waals surface area (Å²) < 4.78 is 7.81. The Morgan fingerprint density at radius 2 is 1.86 bits per heavy atom. The summed E-state index contributed by atoms with van der Waals surface area (Å²) in [4.78, 5) is 4.34. The fourth-order valence-corrected chi connectivity index (χ4v) is 3.30. The third-order valence-corrected chi connectivity index (χ3v) is 4.94. The SMILES string of the molecule is CCOC(CCNC(=NC)NCc1c(C)nn(-c2ccccc2)c1C)C(C)C.I. The molecule has 1 aromatic carbocycles. The number of benzene rings is 1. The second kappa shape index (κ2) is 12.8. The highest BCUT2D eigenvalue weighted by atomic mass is 127. The molecule has 0 fully saturated rings. The van der Waals surface area contributed by atoms with Gasteiger partial charge in [0, 0.05) is 38.0 Å². The Labute approximate surface area is 192 Å². The summed E-state index contributed by atoms with van der Waals surface area (Å²) in [6.07, 6.45) is 1.22. The Balaban J connectivity index is 0.00000420. The zero-order chi connectivity index (χ0) is 20.5. The van der Waals surface area contributed by atoms with Crippen molar-refractivity contribution in [3.8, 4) is 5.69 Å². The van der Waals surface area contributed by atoms with Gasteiger partial charge in [0.05, 0.1) is 17.5 Å². The van der Waals surface area contributed by atoms with Crippen molar-refractivity contribution < 1.29 is 4.74 Å². The number of hydrogen-bond acceptors (Lipinski definition) is 3. The topological polar surface area (TPSA) is 63.5 Å². The third kappa shape index (κ3) is 7.29. The Morgan fingerprint density at radius 1 is 1.17 bits per heavy atom. The van der Waals surface area contributed by atoms with E-state index in [0.29, 0.717) is 12.5 Å². The first-order valence-electron chi connectivity index (χ1n) is 10.1. The normalized spacial score (nSPS) is 12.6. The monoisotopic (exact) mass is 513 g/mol. The lowest BCUT2D eigenvalue weighted by molar-refractivity contribution is 0.0258. The highest BCUT2D eigenvalue weighted by Crippen LogP contribution is 2.17. The number of guanidine groups is 1. The predicted molar refractivity (Wildman–Crippen MR) is 132 cm³/mol. The van der Waals surface area contributed by atoms with Crippen LogP contribution in [0.15, 0.2) is 35.3 Å². The summed E-state index contributed by atoms with van der Waals surface area (Å²) in [5.74, 6) is 1.30. The molecule has 0 aliphatic carbocycles. The quantitative estimate of drug-likeness (QED) is 0.300. The van der Waals surface area contributed by atoms with E-state index in [1.165, 1.54) is 5.56 Å². The number of aryl methyl sites for hydroxylation is 1. The molecule has 7 heteroatoms. The highest BCUT2D eigenvalue weighted by molar-refractivity contribution is 14.0. The number of nitrogens with zero attached hydrogens (tertiary/aromatic N) is 3. The van der Waals surface area contributed by atoms with Crippen LogP contribution in [0.5, 0.6) is 0 Å². The molecule has 0 bridgehead atoms. The van der Waals surface area contributed by atoms with Gasteiger partial charge in [0.15, 0.2) is 5.96 Å². The summed E-state index contributed by atoms with van der Waals surface area (Å²) >= 11 is 0. The van der Waals surface area contributed by atoms with Gasteiger partial charge in [-0.15, -0.1) is 24.0 Å². The number of aliphatic imine (C=N–C) groups is 1. The molecule has 0 saturated heterocycles. The summed E-state index contributed by atoms with van der Waals surface area (Å²) in [5, 5.41) is 11.5. The van der Waals surface area contributed by atoms with Crippen LogP contribution in [-0.4, -0.2) is 42.0 Å². The fourth-order valence-electron chi connectivity index (χ4n) is 3.30. The maximum absolute atomic E-state index is 5.81. The van der Waals surface area contributed by atoms with Crippen LogP contribution in [0.4, 0.5) is 0 Å². The third-order valence-electron chi connectivity index (χ3n) is 4.94. The van der Waals surface area contributed by atoms with Gasteiger partial charge in [-0.05, 0) is 45.2 Å². The maximum atomic E-state index is 5.81. The van der Waals surface area contributed by atoms with Crippen LogP contribution in [-0.2, 0) is 11.3 Å². The maximum Gasteiger partial charge on any atom is 0.191 e. The lowest BCUT2D eigenvalue weighted by Crippen LogP contribution is -2.39. The van der Waals surface area contributed by atoms with Crippen molar-refractivity contribution >= 4 is 29.9 Å². The minimum atomic E-state index is 0. The summed E-state index contributed by atoms with van der Waals surface area (Å²) in [6.45, 7) is 12.9. The van der Waals surface area contributed by atoms with Crippen LogP contribution in [0.1, 0.15) is 44.1 Å². The van der Waals surface area contributed by atoms with Gasteiger partial charge in [0.25, 0.3) is 0 Å². The molecule has 2 rings (SSSR count). The van der Waals surface area contributed by atoms with E-state index >= 15 is 0 Å². The van der Waals surface area contributed by atoms with E-state index in [9.17, 15) is 0 Å². The van der Waals surface area contributed by atoms with Crippen molar-refractivity contribution in [3.63, 3.8) is 0 Å². The largest absolute Gasteiger partial charge is 0.378 e. The van der Waals surface area contributed by atoms with E-state index in [0.717, 1.165) is 42.6 Å². The zero-order valence-electron chi connectivity index (χ0n) is 18.5. The first-order chi connectivity index (χ1) is 13.5. The van der Waals surface area contributed by atoms with Crippen molar-refractivity contribution in [1.82, 2.24) is 20.4 Å². The Kier molecular flexibility index (Phi) is 11.3. The number of rotatable bonds is 9. The van der Waals surface area contributed by atoms with Crippen LogP contribution in [0, 0.1) is 19.8 Å². The van der Waals surface area contributed by atoms with Crippen molar-refractivity contribution in [3.05, 3.63) is 47.3 Å². The van der Waals surface area contributed by atoms with E-state index in [1.54, 1.807) is 7.05 Å². The minimum Gasteiger partial charge on any atom is -0.378 e. The van der Waals surface area contributed by atoms with E-state index in [1.807, 2.05) is 29.8 Å². The van der Waals surface area contributed by atoms with Crippen molar-refractivity contribution in [2.75, 3.05) is 20.2 Å². The molecule has 1 aromatic heterocycles. The Bertz CT molecular complexity index is 758. The van der Waals surface area contributed by atoms with E-state index in [-0.39, 0.29) is 30.1 Å². The molecule has 2 N–H and O–H groups in total. The summed E-state index contributed by atoms with van der Waals surface area (Å²) in [7, 11) is 1.80. The van der Waals surface area contributed by atoms with Crippen LogP contribution >= 0.6 is 24.0 Å². The molecular formula is C22H36IN5O. The number of aromatic nitrogens is 2. The smallest absolute Gasteiger partial charge is 0.191 e. The molecule has 0 aliphatic rings. The van der Waals surface area contributed by atoms with Crippen LogP contribution < -0.4 is 10.6 Å². The fraction of sp³-hybridized carbons (Fsp3) is 0.545. The van der Waals surface area contributed by atoms with E-state index in [2.05, 4.69) is 55.5 Å². The second-order valence-corrected chi connectivity index (χ2v) is 7.28. The summed E-state index contributed by atoms with van der Waals surface area (Å²) in [5.41, 5.74) is 4.44. The number of para-hydroxylation sites is 1. The minimum absolute atomic E-state index is 0. The van der Waals surface area contributed by atoms with Crippen LogP contribution in [0.2, 0.25) is 0 Å². The molecule has 1 heterocycles. The first-order valence-corrected chi connectivity index (χ1v) is 10.1. The zero-order valence-corrected chi connectivity index (χ0v) is 20.9. The van der Waals surface area contributed by atoms with Gasteiger partial charge in [-0.25, -0.2) is 4.68 Å². The van der Waals surface area contributed by atoms with Crippen LogP contribution in [0.25, 0.3) is 5.69 Å². The number of ether oxygens (including phenoxy) is 1. The molecule has 1 atom stereocenters. The van der Waals surface area contributed by atoms with Crippen molar-refractivity contribution in [1.29, 1.82) is 0 Å². The molecule has 6 nitrogen and oxygen atoms in total. The summed E-state index contributed by atoms with van der Waals surface area (Å²) in [6, 6.07) is 10.2. The highest BCUT2D eigenvalue weighted by Gasteiger charge is 2.15. The van der Waals surface area contributed by atoms with Gasteiger partial charge in [0.2, 0.25) is 0 Å². The molecule has 0 saturated carbocycles. The molecule has 162 valence electrons. The number of halogens is 1. The molecule has 0 radical (unpaired) electrons. The van der Waals surface area contributed by atoms with Gasteiger partial charge >= 0.3 is 0 Å². The predicted octanol–water partition coefficient (Wildman–Crippen LogP) is 4.22. The molecule has 29 heavy (non-hydrogen) atoms. The standard InChI is InChI=1S/C22H35N5O.HI/c1-7-28-21(16(2)3)13-14-24-22(23-6)25-15-20-17(4)26-27(18(20)5)19-11-9-8-10-12-19;/h8-12,16,21H,7,13-15H2,1-6H3,(H2,23,24,25);1H. The van der Waals surface area contributed by atoms with Crippen molar-refractivity contribution in [2.24, 2.45) is 10.9 Å². The van der Waals surface area contributed by atoms with Crippen molar-refractivity contribution in [2.45, 2.75) is 53.7 Å².